The van der Waals surface area contributed by atoms with Crippen molar-refractivity contribution in [3.05, 3.63) is 64.2 Å². The standard InChI is InChI=1S/C24H27ClN2O5/c1-5-32-19-11-8-16(14-18(19)25)22(28)20-21(15-6-9-17(10-7-15)26(2)3)27(12-13-31-4)24(30)23(20)29/h6-11,14,21,28H,5,12-13H2,1-4H3/t21-/m0/s1. The third-order valence-corrected chi connectivity index (χ3v) is 5.60. The smallest absolute Gasteiger partial charge is 0.295 e. The minimum Gasteiger partial charge on any atom is -0.507 e. The summed E-state index contributed by atoms with van der Waals surface area (Å²) in [6, 6.07) is 11.5. The second-order valence-electron chi connectivity index (χ2n) is 7.55. The number of ether oxygens (including phenoxy) is 2. The third kappa shape index (κ3) is 4.59. The first-order valence-electron chi connectivity index (χ1n) is 10.3. The Labute approximate surface area is 192 Å². The van der Waals surface area contributed by atoms with E-state index in [0.29, 0.717) is 28.5 Å². The molecule has 2 aromatic rings. The van der Waals surface area contributed by atoms with Crippen molar-refractivity contribution in [2.45, 2.75) is 13.0 Å². The SMILES string of the molecule is CCOc1ccc(C(O)=C2C(=O)C(=O)N(CCOC)[C@H]2c2ccc(N(C)C)cc2)cc1Cl. The van der Waals surface area contributed by atoms with Crippen LogP contribution in [0.4, 0.5) is 5.69 Å². The number of aliphatic hydroxyl groups excluding tert-OH is 1. The van der Waals surface area contributed by atoms with Crippen LogP contribution in [0.3, 0.4) is 0 Å². The molecular weight excluding hydrogens is 432 g/mol. The van der Waals surface area contributed by atoms with Crippen LogP contribution in [0.2, 0.25) is 5.02 Å². The van der Waals surface area contributed by atoms with E-state index in [-0.39, 0.29) is 24.5 Å². The van der Waals surface area contributed by atoms with Crippen molar-refractivity contribution in [1.82, 2.24) is 4.90 Å². The van der Waals surface area contributed by atoms with Gasteiger partial charge in [0.05, 0.1) is 29.9 Å². The highest BCUT2D eigenvalue weighted by Crippen LogP contribution is 2.40. The third-order valence-electron chi connectivity index (χ3n) is 5.31. The highest BCUT2D eigenvalue weighted by atomic mass is 35.5. The Balaban J connectivity index is 2.12. The van der Waals surface area contributed by atoms with Gasteiger partial charge >= 0.3 is 0 Å². The van der Waals surface area contributed by atoms with E-state index < -0.39 is 17.7 Å². The van der Waals surface area contributed by atoms with Gasteiger partial charge in [0.1, 0.15) is 11.5 Å². The van der Waals surface area contributed by atoms with Crippen LogP contribution in [-0.4, -0.2) is 62.7 Å². The van der Waals surface area contributed by atoms with E-state index in [0.717, 1.165) is 5.69 Å². The van der Waals surface area contributed by atoms with Crippen LogP contribution in [-0.2, 0) is 14.3 Å². The molecule has 1 aliphatic heterocycles. The number of carbonyl (C=O) groups is 2. The van der Waals surface area contributed by atoms with Gasteiger partial charge in [-0.15, -0.1) is 0 Å². The summed E-state index contributed by atoms with van der Waals surface area (Å²) in [4.78, 5) is 29.2. The molecule has 0 saturated carbocycles. The summed E-state index contributed by atoms with van der Waals surface area (Å²) in [5.41, 5.74) is 2.03. The minimum atomic E-state index is -0.745. The molecule has 0 spiro atoms. The molecule has 170 valence electrons. The number of hydrogen-bond acceptors (Lipinski definition) is 6. The van der Waals surface area contributed by atoms with Gasteiger partial charge in [-0.1, -0.05) is 23.7 Å². The number of anilines is 1. The number of aliphatic hydroxyl groups is 1. The maximum atomic E-state index is 13.0. The van der Waals surface area contributed by atoms with Crippen LogP contribution in [0.15, 0.2) is 48.0 Å². The number of benzene rings is 2. The Morgan fingerprint density at radius 3 is 2.41 bits per heavy atom. The molecule has 1 fully saturated rings. The summed E-state index contributed by atoms with van der Waals surface area (Å²) in [7, 11) is 5.38. The van der Waals surface area contributed by atoms with E-state index >= 15 is 0 Å². The molecule has 0 bridgehead atoms. The fourth-order valence-electron chi connectivity index (χ4n) is 3.68. The molecule has 1 aliphatic rings. The minimum absolute atomic E-state index is 0.0175. The molecule has 2 aromatic carbocycles. The molecule has 0 radical (unpaired) electrons. The van der Waals surface area contributed by atoms with Crippen LogP contribution < -0.4 is 9.64 Å². The molecule has 1 atom stereocenters. The van der Waals surface area contributed by atoms with Gasteiger partial charge in [0, 0.05) is 39.0 Å². The first-order chi connectivity index (χ1) is 15.3. The van der Waals surface area contributed by atoms with E-state index in [9.17, 15) is 14.7 Å². The van der Waals surface area contributed by atoms with E-state index in [2.05, 4.69) is 0 Å². The van der Waals surface area contributed by atoms with Crippen molar-refractivity contribution in [1.29, 1.82) is 0 Å². The first kappa shape index (κ1) is 23.6. The zero-order valence-electron chi connectivity index (χ0n) is 18.6. The lowest BCUT2D eigenvalue weighted by atomic mass is 9.95. The van der Waals surface area contributed by atoms with Gasteiger partial charge in [-0.3, -0.25) is 9.59 Å². The van der Waals surface area contributed by atoms with E-state index in [1.807, 2.05) is 50.2 Å². The van der Waals surface area contributed by atoms with Gasteiger partial charge in [0.15, 0.2) is 0 Å². The Bertz CT molecular complexity index is 1030. The van der Waals surface area contributed by atoms with Gasteiger partial charge in [-0.05, 0) is 42.8 Å². The Morgan fingerprint density at radius 2 is 1.84 bits per heavy atom. The summed E-state index contributed by atoms with van der Waals surface area (Å²) in [6.07, 6.45) is 0. The summed E-state index contributed by atoms with van der Waals surface area (Å²) in [6.45, 7) is 2.75. The Morgan fingerprint density at radius 1 is 1.16 bits per heavy atom. The van der Waals surface area contributed by atoms with Crippen LogP contribution in [0.25, 0.3) is 5.76 Å². The number of amides is 1. The topological polar surface area (TPSA) is 79.3 Å². The monoisotopic (exact) mass is 458 g/mol. The molecule has 1 N–H and O–H groups in total. The number of nitrogens with zero attached hydrogens (tertiary/aromatic N) is 2. The number of ketones is 1. The first-order valence-corrected chi connectivity index (χ1v) is 10.6. The lowest BCUT2D eigenvalue weighted by molar-refractivity contribution is -0.140. The summed E-state index contributed by atoms with van der Waals surface area (Å²) >= 11 is 6.28. The fraction of sp³-hybridized carbons (Fsp3) is 0.333. The van der Waals surface area contributed by atoms with Crippen molar-refractivity contribution in [3.8, 4) is 5.75 Å². The van der Waals surface area contributed by atoms with E-state index in [4.69, 9.17) is 21.1 Å². The van der Waals surface area contributed by atoms with Gasteiger partial charge < -0.3 is 24.4 Å². The molecule has 1 amide bonds. The average Bonchev–Trinajstić information content (AvgIpc) is 3.03. The van der Waals surface area contributed by atoms with Crippen molar-refractivity contribution in [2.24, 2.45) is 0 Å². The Hall–Kier alpha value is -3.03. The number of rotatable bonds is 8. The largest absolute Gasteiger partial charge is 0.507 e. The van der Waals surface area contributed by atoms with Gasteiger partial charge in [0.2, 0.25) is 0 Å². The number of hydrogen-bond donors (Lipinski definition) is 1. The second-order valence-corrected chi connectivity index (χ2v) is 7.96. The zero-order valence-corrected chi connectivity index (χ0v) is 19.3. The molecule has 1 heterocycles. The number of Topliss-reactive ketones (excluding diaryl/α,β-unsaturated/α-hetero) is 1. The van der Waals surface area contributed by atoms with Gasteiger partial charge in [-0.25, -0.2) is 0 Å². The summed E-state index contributed by atoms with van der Waals surface area (Å²) in [5, 5.41) is 11.4. The summed E-state index contributed by atoms with van der Waals surface area (Å²) in [5.74, 6) is -1.23. The molecule has 7 nitrogen and oxygen atoms in total. The van der Waals surface area contributed by atoms with E-state index in [1.54, 1.807) is 12.1 Å². The maximum absolute atomic E-state index is 13.0. The van der Waals surface area contributed by atoms with Gasteiger partial charge in [0.25, 0.3) is 11.7 Å². The number of methoxy groups -OCH3 is 1. The predicted molar refractivity (Wildman–Crippen MR) is 124 cm³/mol. The number of halogens is 1. The molecule has 32 heavy (non-hydrogen) atoms. The summed E-state index contributed by atoms with van der Waals surface area (Å²) < 4.78 is 10.6. The van der Waals surface area contributed by atoms with Crippen molar-refractivity contribution in [3.63, 3.8) is 0 Å². The van der Waals surface area contributed by atoms with Crippen molar-refractivity contribution >= 4 is 34.7 Å². The number of carbonyl (C=O) groups excluding carboxylic acids is 2. The predicted octanol–water partition coefficient (Wildman–Crippen LogP) is 3.87. The van der Waals surface area contributed by atoms with Crippen molar-refractivity contribution in [2.75, 3.05) is 45.9 Å². The normalized spacial score (nSPS) is 17.7. The lowest BCUT2D eigenvalue weighted by Gasteiger charge is -2.25. The highest BCUT2D eigenvalue weighted by molar-refractivity contribution is 6.46. The van der Waals surface area contributed by atoms with Crippen molar-refractivity contribution < 1.29 is 24.2 Å². The van der Waals surface area contributed by atoms with Crippen LogP contribution in [0.5, 0.6) is 5.75 Å². The molecule has 8 heteroatoms. The molecule has 0 unspecified atom stereocenters. The van der Waals surface area contributed by atoms with Crippen LogP contribution in [0.1, 0.15) is 24.1 Å². The molecule has 0 aromatic heterocycles. The lowest BCUT2D eigenvalue weighted by Crippen LogP contribution is -2.32. The van der Waals surface area contributed by atoms with E-state index in [1.165, 1.54) is 18.1 Å². The van der Waals surface area contributed by atoms with Crippen LogP contribution in [0, 0.1) is 0 Å². The Kier molecular flexibility index (Phi) is 7.43. The molecular formula is C24H27ClN2O5. The van der Waals surface area contributed by atoms with Crippen LogP contribution >= 0.6 is 11.6 Å². The average molecular weight is 459 g/mol. The second kappa shape index (κ2) is 10.1. The van der Waals surface area contributed by atoms with Gasteiger partial charge in [-0.2, -0.15) is 0 Å². The quantitative estimate of drug-likeness (QED) is 0.367. The maximum Gasteiger partial charge on any atom is 0.295 e. The fourth-order valence-corrected chi connectivity index (χ4v) is 3.91. The zero-order chi connectivity index (χ0) is 23.4. The number of likely N-dealkylation sites (tertiary alicyclic amines) is 1. The molecule has 3 rings (SSSR count). The molecule has 0 aliphatic carbocycles. The molecule has 1 saturated heterocycles. The highest BCUT2D eigenvalue weighted by Gasteiger charge is 2.45.